The summed E-state index contributed by atoms with van der Waals surface area (Å²) in [6.45, 7) is 12.3. The van der Waals surface area contributed by atoms with E-state index >= 15 is 0 Å². The van der Waals surface area contributed by atoms with Gasteiger partial charge in [-0.2, -0.15) is 0 Å². The quantitative estimate of drug-likeness (QED) is 0.693. The molecule has 13 heavy (non-hydrogen) atoms. The molecule has 0 bridgehead atoms. The fourth-order valence-corrected chi connectivity index (χ4v) is 1.16. The fraction of sp³-hybridized carbons (Fsp3) is 1.00. The van der Waals surface area contributed by atoms with Crippen molar-refractivity contribution in [3.8, 4) is 0 Å². The first kappa shape index (κ1) is 12.9. The maximum atomic E-state index is 5.73. The van der Waals surface area contributed by atoms with Crippen molar-refractivity contribution in [2.45, 2.75) is 47.1 Å². The van der Waals surface area contributed by atoms with Crippen molar-refractivity contribution >= 4 is 0 Å². The Balaban J connectivity index is 3.63. The first-order valence-electron chi connectivity index (χ1n) is 5.19. The lowest BCUT2D eigenvalue weighted by Crippen LogP contribution is -2.30. The molecular formula is C11H25NO. The molecule has 2 nitrogen and oxygen atoms in total. The molecule has 2 N–H and O–H groups in total. The van der Waals surface area contributed by atoms with Crippen LogP contribution in [0.2, 0.25) is 0 Å². The average molecular weight is 187 g/mol. The third kappa shape index (κ3) is 7.03. The lowest BCUT2D eigenvalue weighted by atomic mass is 9.95. The summed E-state index contributed by atoms with van der Waals surface area (Å²) in [5, 5.41) is 0. The van der Waals surface area contributed by atoms with Gasteiger partial charge in [0.1, 0.15) is 0 Å². The summed E-state index contributed by atoms with van der Waals surface area (Å²) in [7, 11) is 0. The lowest BCUT2D eigenvalue weighted by Gasteiger charge is -2.25. The highest BCUT2D eigenvalue weighted by Crippen LogP contribution is 2.16. The van der Waals surface area contributed by atoms with Crippen molar-refractivity contribution in [2.24, 2.45) is 17.1 Å². The third-order valence-corrected chi connectivity index (χ3v) is 2.11. The van der Waals surface area contributed by atoms with Gasteiger partial charge in [-0.05, 0) is 25.8 Å². The van der Waals surface area contributed by atoms with Crippen LogP contribution in [0.25, 0.3) is 0 Å². The van der Waals surface area contributed by atoms with Gasteiger partial charge in [-0.1, -0.05) is 27.7 Å². The minimum Gasteiger partial charge on any atom is -0.378 e. The van der Waals surface area contributed by atoms with E-state index in [-0.39, 0.29) is 5.41 Å². The summed E-state index contributed by atoms with van der Waals surface area (Å²) >= 11 is 0. The molecule has 0 saturated heterocycles. The van der Waals surface area contributed by atoms with Gasteiger partial charge in [0.15, 0.2) is 0 Å². The van der Waals surface area contributed by atoms with Gasteiger partial charge in [-0.3, -0.25) is 0 Å². The highest BCUT2D eigenvalue weighted by Gasteiger charge is 2.17. The summed E-state index contributed by atoms with van der Waals surface area (Å²) in [5.74, 6) is 0.705. The molecule has 2 heteroatoms. The maximum absolute atomic E-state index is 5.73. The molecule has 0 aliphatic rings. The van der Waals surface area contributed by atoms with Gasteiger partial charge >= 0.3 is 0 Å². The van der Waals surface area contributed by atoms with Gasteiger partial charge in [0.05, 0.1) is 12.7 Å². The van der Waals surface area contributed by atoms with Gasteiger partial charge in [-0.25, -0.2) is 0 Å². The summed E-state index contributed by atoms with van der Waals surface area (Å²) in [5.41, 5.74) is 5.73. The zero-order valence-electron chi connectivity index (χ0n) is 9.76. The Hall–Kier alpha value is -0.0800. The van der Waals surface area contributed by atoms with E-state index in [1.165, 1.54) is 0 Å². The van der Waals surface area contributed by atoms with Crippen LogP contribution in [0.4, 0.5) is 0 Å². The van der Waals surface area contributed by atoms with E-state index in [2.05, 4.69) is 34.6 Å². The number of ether oxygens (including phenoxy) is 1. The Labute approximate surface area is 82.8 Å². The molecular weight excluding hydrogens is 162 g/mol. The summed E-state index contributed by atoms with van der Waals surface area (Å²) < 4.78 is 5.73. The molecule has 0 saturated carbocycles. The molecule has 0 fully saturated rings. The second-order valence-electron chi connectivity index (χ2n) is 5.12. The predicted octanol–water partition coefficient (Wildman–Crippen LogP) is 2.42. The van der Waals surface area contributed by atoms with Crippen LogP contribution < -0.4 is 5.73 Å². The van der Waals surface area contributed by atoms with Crippen molar-refractivity contribution in [3.63, 3.8) is 0 Å². The Bertz CT molecular complexity index is 132. The van der Waals surface area contributed by atoms with E-state index < -0.39 is 0 Å². The van der Waals surface area contributed by atoms with E-state index in [4.69, 9.17) is 10.5 Å². The number of nitrogens with two attached hydrogens (primary N) is 1. The van der Waals surface area contributed by atoms with Crippen LogP contribution in [-0.2, 0) is 4.74 Å². The zero-order chi connectivity index (χ0) is 10.5. The Kier molecular flexibility index (Phi) is 5.57. The number of hydrogen-bond donors (Lipinski definition) is 1. The molecule has 0 aliphatic heterocycles. The molecule has 0 aromatic carbocycles. The van der Waals surface area contributed by atoms with Gasteiger partial charge in [0.2, 0.25) is 0 Å². The maximum Gasteiger partial charge on any atom is 0.0549 e. The lowest BCUT2D eigenvalue weighted by molar-refractivity contribution is 0.00560. The van der Waals surface area contributed by atoms with E-state index in [1.807, 2.05) is 0 Å². The molecule has 1 unspecified atom stereocenters. The van der Waals surface area contributed by atoms with Gasteiger partial charge in [0, 0.05) is 5.41 Å². The van der Waals surface area contributed by atoms with Crippen LogP contribution >= 0.6 is 0 Å². The SMILES string of the molecule is CC(C)CC(C)OCC(C)(C)CN. The van der Waals surface area contributed by atoms with Crippen LogP contribution in [0.3, 0.4) is 0 Å². The summed E-state index contributed by atoms with van der Waals surface area (Å²) in [4.78, 5) is 0. The average Bonchev–Trinajstić information content (AvgIpc) is 2.00. The minimum atomic E-state index is 0.116. The molecule has 0 amide bonds. The first-order chi connectivity index (χ1) is 5.87. The van der Waals surface area contributed by atoms with Crippen molar-refractivity contribution in [1.82, 2.24) is 0 Å². The van der Waals surface area contributed by atoms with E-state index in [1.54, 1.807) is 0 Å². The van der Waals surface area contributed by atoms with Crippen LogP contribution in [0, 0.1) is 11.3 Å². The molecule has 0 rings (SSSR count). The van der Waals surface area contributed by atoms with Gasteiger partial charge in [-0.15, -0.1) is 0 Å². The predicted molar refractivity (Wildman–Crippen MR) is 57.7 cm³/mol. The number of hydrogen-bond acceptors (Lipinski definition) is 2. The third-order valence-electron chi connectivity index (χ3n) is 2.11. The van der Waals surface area contributed by atoms with E-state index in [0.717, 1.165) is 13.0 Å². The number of rotatable bonds is 6. The Morgan fingerprint density at radius 1 is 1.23 bits per heavy atom. The van der Waals surface area contributed by atoms with Crippen molar-refractivity contribution < 1.29 is 4.74 Å². The van der Waals surface area contributed by atoms with Gasteiger partial charge < -0.3 is 10.5 Å². The summed E-state index contributed by atoms with van der Waals surface area (Å²) in [6.07, 6.45) is 1.48. The minimum absolute atomic E-state index is 0.116. The Morgan fingerprint density at radius 3 is 2.15 bits per heavy atom. The van der Waals surface area contributed by atoms with Crippen molar-refractivity contribution in [1.29, 1.82) is 0 Å². The summed E-state index contributed by atoms with van der Waals surface area (Å²) in [6, 6.07) is 0. The van der Waals surface area contributed by atoms with Crippen LogP contribution in [0.5, 0.6) is 0 Å². The molecule has 0 heterocycles. The largest absolute Gasteiger partial charge is 0.378 e. The first-order valence-corrected chi connectivity index (χ1v) is 5.19. The highest BCUT2D eigenvalue weighted by molar-refractivity contribution is 4.69. The molecule has 0 aromatic rings. The molecule has 1 atom stereocenters. The van der Waals surface area contributed by atoms with Crippen LogP contribution in [0.15, 0.2) is 0 Å². The zero-order valence-corrected chi connectivity index (χ0v) is 9.76. The molecule has 80 valence electrons. The monoisotopic (exact) mass is 187 g/mol. The normalized spacial score (nSPS) is 15.0. The van der Waals surface area contributed by atoms with Gasteiger partial charge in [0.25, 0.3) is 0 Å². The Morgan fingerprint density at radius 2 is 1.77 bits per heavy atom. The van der Waals surface area contributed by atoms with Crippen molar-refractivity contribution in [3.05, 3.63) is 0 Å². The van der Waals surface area contributed by atoms with E-state index in [9.17, 15) is 0 Å². The van der Waals surface area contributed by atoms with Crippen LogP contribution in [0.1, 0.15) is 41.0 Å². The van der Waals surface area contributed by atoms with Crippen molar-refractivity contribution in [2.75, 3.05) is 13.2 Å². The topological polar surface area (TPSA) is 35.2 Å². The molecule has 0 aliphatic carbocycles. The second-order valence-corrected chi connectivity index (χ2v) is 5.12. The van der Waals surface area contributed by atoms with Crippen LogP contribution in [-0.4, -0.2) is 19.3 Å². The highest BCUT2D eigenvalue weighted by atomic mass is 16.5. The van der Waals surface area contributed by atoms with E-state index in [0.29, 0.717) is 18.6 Å². The smallest absolute Gasteiger partial charge is 0.0549 e. The molecule has 0 spiro atoms. The standard InChI is InChI=1S/C11H25NO/c1-9(2)6-10(3)13-8-11(4,5)7-12/h9-10H,6-8,12H2,1-5H3. The molecule has 0 radical (unpaired) electrons. The molecule has 0 aromatic heterocycles. The fourth-order valence-electron chi connectivity index (χ4n) is 1.16. The second kappa shape index (κ2) is 5.61.